The van der Waals surface area contributed by atoms with Crippen LogP contribution in [0.5, 0.6) is 0 Å². The van der Waals surface area contributed by atoms with Crippen molar-refractivity contribution in [3.05, 3.63) is 23.9 Å². The van der Waals surface area contributed by atoms with Gasteiger partial charge in [-0.15, -0.1) is 0 Å². The maximum absolute atomic E-state index is 11.8. The van der Waals surface area contributed by atoms with E-state index in [-0.39, 0.29) is 0 Å². The number of nitrogens with one attached hydrogen (secondary N) is 2. The van der Waals surface area contributed by atoms with Gasteiger partial charge in [0.2, 0.25) is 5.91 Å². The quantitative estimate of drug-likeness (QED) is 0.847. The number of carbonyl (C=O) groups is 1. The van der Waals surface area contributed by atoms with E-state index in [2.05, 4.69) is 10.3 Å². The Balaban J connectivity index is 2.38. The molecule has 2 N–H and O–H groups in total. The van der Waals surface area contributed by atoms with E-state index in [1.807, 2.05) is 5.32 Å². The van der Waals surface area contributed by atoms with Gasteiger partial charge in [-0.25, -0.2) is 4.98 Å². The summed E-state index contributed by atoms with van der Waals surface area (Å²) in [7, 11) is 0. The summed E-state index contributed by atoms with van der Waals surface area (Å²) < 4.78 is 35.4. The van der Waals surface area contributed by atoms with E-state index in [1.165, 1.54) is 6.20 Å². The fraction of sp³-hybridized carbons (Fsp3) is 0.400. The van der Waals surface area contributed by atoms with Crippen LogP contribution >= 0.6 is 0 Å². The minimum Gasteiger partial charge on any atom is -0.309 e. The summed E-state index contributed by atoms with van der Waals surface area (Å²) in [5.41, 5.74) is 0.747. The molecule has 1 rings (SSSR count). The van der Waals surface area contributed by atoms with Crippen LogP contribution in [0.1, 0.15) is 5.56 Å². The summed E-state index contributed by atoms with van der Waals surface area (Å²) in [6.45, 7) is 0.142. The zero-order valence-corrected chi connectivity index (χ0v) is 9.14. The van der Waals surface area contributed by atoms with E-state index in [1.54, 1.807) is 19.1 Å². The van der Waals surface area contributed by atoms with Gasteiger partial charge in [0.1, 0.15) is 5.82 Å². The second-order valence-electron chi connectivity index (χ2n) is 3.44. The molecule has 1 amide bonds. The van der Waals surface area contributed by atoms with Crippen molar-refractivity contribution in [2.24, 2.45) is 0 Å². The monoisotopic (exact) mass is 247 g/mol. The fourth-order valence-electron chi connectivity index (χ4n) is 1.11. The minimum atomic E-state index is -4.32. The van der Waals surface area contributed by atoms with Gasteiger partial charge in [-0.1, -0.05) is 6.07 Å². The molecule has 0 bridgehead atoms. The van der Waals surface area contributed by atoms with Gasteiger partial charge in [0.05, 0.1) is 13.1 Å². The lowest BCUT2D eigenvalue weighted by Gasteiger charge is -2.09. The Labute approximate surface area is 96.2 Å². The molecule has 0 aromatic carbocycles. The molecule has 0 aliphatic carbocycles. The van der Waals surface area contributed by atoms with Crippen LogP contribution in [0.25, 0.3) is 0 Å². The van der Waals surface area contributed by atoms with Gasteiger partial charge < -0.3 is 10.6 Å². The van der Waals surface area contributed by atoms with Crippen LogP contribution in [0, 0.1) is 6.92 Å². The van der Waals surface area contributed by atoms with Crippen molar-refractivity contribution < 1.29 is 18.0 Å². The largest absolute Gasteiger partial charge is 0.401 e. The number of hydrogen-bond acceptors (Lipinski definition) is 3. The molecule has 0 aliphatic heterocycles. The lowest BCUT2D eigenvalue weighted by atomic mass is 10.3. The van der Waals surface area contributed by atoms with E-state index >= 15 is 0 Å². The molecular weight excluding hydrogens is 235 g/mol. The zero-order valence-electron chi connectivity index (χ0n) is 9.14. The molecule has 0 unspecified atom stereocenters. The number of hydrogen-bond donors (Lipinski definition) is 2. The molecule has 94 valence electrons. The average Bonchev–Trinajstić information content (AvgIpc) is 2.19. The molecule has 7 heteroatoms. The predicted molar refractivity (Wildman–Crippen MR) is 56.5 cm³/mol. The number of aromatic nitrogens is 1. The number of rotatable bonds is 4. The summed E-state index contributed by atoms with van der Waals surface area (Å²) in [6, 6.07) is 3.44. The molecule has 0 fully saturated rings. The van der Waals surface area contributed by atoms with Gasteiger partial charge in [-0.2, -0.15) is 13.2 Å². The van der Waals surface area contributed by atoms with Gasteiger partial charge in [0, 0.05) is 6.20 Å². The predicted octanol–water partition coefficient (Wildman–Crippen LogP) is 1.48. The van der Waals surface area contributed by atoms with Crippen molar-refractivity contribution in [2.45, 2.75) is 13.1 Å². The number of aryl methyl sites for hydroxylation is 1. The Hall–Kier alpha value is -1.63. The molecule has 0 aliphatic rings. The Morgan fingerprint density at radius 1 is 1.47 bits per heavy atom. The minimum absolute atomic E-state index is 0.353. The van der Waals surface area contributed by atoms with Crippen LogP contribution in [0.3, 0.4) is 0 Å². The number of alkyl halides is 3. The number of anilines is 1. The second-order valence-corrected chi connectivity index (χ2v) is 3.44. The molecule has 0 radical (unpaired) electrons. The lowest BCUT2D eigenvalue weighted by Crippen LogP contribution is -2.35. The third-order valence-corrected chi connectivity index (χ3v) is 1.88. The van der Waals surface area contributed by atoms with Gasteiger partial charge in [0.15, 0.2) is 0 Å². The first-order valence-electron chi connectivity index (χ1n) is 4.87. The van der Waals surface area contributed by atoms with Crippen LogP contribution in [-0.2, 0) is 4.79 Å². The Kier molecular flexibility index (Phi) is 4.45. The first-order chi connectivity index (χ1) is 7.88. The first-order valence-corrected chi connectivity index (χ1v) is 4.87. The molecule has 1 aromatic heterocycles. The van der Waals surface area contributed by atoms with Crippen molar-refractivity contribution >= 4 is 11.7 Å². The molecular formula is C10H12F3N3O. The molecule has 0 saturated heterocycles. The van der Waals surface area contributed by atoms with Crippen LogP contribution in [0.2, 0.25) is 0 Å². The van der Waals surface area contributed by atoms with Crippen molar-refractivity contribution in [2.75, 3.05) is 18.4 Å². The third-order valence-electron chi connectivity index (χ3n) is 1.88. The Morgan fingerprint density at radius 2 is 2.18 bits per heavy atom. The molecule has 17 heavy (non-hydrogen) atoms. The molecule has 4 nitrogen and oxygen atoms in total. The van der Waals surface area contributed by atoms with Crippen LogP contribution in [-0.4, -0.2) is 30.2 Å². The zero-order chi connectivity index (χ0) is 12.9. The number of pyridine rings is 1. The van der Waals surface area contributed by atoms with Crippen molar-refractivity contribution in [1.29, 1.82) is 0 Å². The highest BCUT2D eigenvalue weighted by Crippen LogP contribution is 2.12. The number of halogens is 3. The topological polar surface area (TPSA) is 54.0 Å². The highest BCUT2D eigenvalue weighted by Gasteiger charge is 2.26. The molecule has 0 spiro atoms. The molecule has 1 aromatic rings. The summed E-state index contributed by atoms with van der Waals surface area (Å²) in [4.78, 5) is 15.2. The van der Waals surface area contributed by atoms with Gasteiger partial charge in [-0.3, -0.25) is 4.79 Å². The number of amides is 1. The third kappa shape index (κ3) is 5.30. The lowest BCUT2D eigenvalue weighted by molar-refractivity contribution is -0.126. The van der Waals surface area contributed by atoms with Gasteiger partial charge in [-0.05, 0) is 18.6 Å². The second kappa shape index (κ2) is 5.62. The molecule has 0 atom stereocenters. The summed E-state index contributed by atoms with van der Waals surface area (Å²) in [5.74, 6) is -0.206. The molecule has 1 heterocycles. The van der Waals surface area contributed by atoms with Gasteiger partial charge >= 0.3 is 6.18 Å². The first kappa shape index (κ1) is 13.4. The Bertz CT molecular complexity index is 393. The SMILES string of the molecule is Cc1cccnc1NC(=O)CNCC(F)(F)F. The molecule has 0 saturated carbocycles. The maximum Gasteiger partial charge on any atom is 0.401 e. The van der Waals surface area contributed by atoms with Crippen molar-refractivity contribution in [3.8, 4) is 0 Å². The van der Waals surface area contributed by atoms with Crippen LogP contribution in [0.15, 0.2) is 18.3 Å². The smallest absolute Gasteiger partial charge is 0.309 e. The summed E-state index contributed by atoms with van der Waals surface area (Å²) in [5, 5.41) is 4.42. The van der Waals surface area contributed by atoms with E-state index < -0.39 is 25.2 Å². The van der Waals surface area contributed by atoms with Crippen molar-refractivity contribution in [3.63, 3.8) is 0 Å². The maximum atomic E-state index is 11.8. The summed E-state index contributed by atoms with van der Waals surface area (Å²) in [6.07, 6.45) is -2.83. The number of nitrogens with zero attached hydrogens (tertiary/aromatic N) is 1. The van der Waals surface area contributed by atoms with Crippen LogP contribution in [0.4, 0.5) is 19.0 Å². The van der Waals surface area contributed by atoms with E-state index in [0.717, 1.165) is 5.56 Å². The van der Waals surface area contributed by atoms with E-state index in [9.17, 15) is 18.0 Å². The fourth-order valence-corrected chi connectivity index (χ4v) is 1.11. The van der Waals surface area contributed by atoms with E-state index in [0.29, 0.717) is 5.82 Å². The standard InChI is InChI=1S/C10H12F3N3O/c1-7-3-2-4-15-9(7)16-8(17)5-14-6-10(11,12)13/h2-4,14H,5-6H2,1H3,(H,15,16,17). The Morgan fingerprint density at radius 3 is 2.76 bits per heavy atom. The van der Waals surface area contributed by atoms with E-state index in [4.69, 9.17) is 0 Å². The summed E-state index contributed by atoms with van der Waals surface area (Å²) >= 11 is 0. The number of carbonyl (C=O) groups excluding carboxylic acids is 1. The van der Waals surface area contributed by atoms with Crippen LogP contribution < -0.4 is 10.6 Å². The highest BCUT2D eigenvalue weighted by molar-refractivity contribution is 5.91. The van der Waals surface area contributed by atoms with Crippen molar-refractivity contribution in [1.82, 2.24) is 10.3 Å². The highest BCUT2D eigenvalue weighted by atomic mass is 19.4. The average molecular weight is 247 g/mol. The normalized spacial score (nSPS) is 11.3. The van der Waals surface area contributed by atoms with Gasteiger partial charge in [0.25, 0.3) is 0 Å².